The normalized spacial score (nSPS) is 10.2. The second kappa shape index (κ2) is 9.78. The van der Waals surface area contributed by atoms with Crippen molar-refractivity contribution in [3.63, 3.8) is 0 Å². The lowest BCUT2D eigenvalue weighted by atomic mass is 9.99. The smallest absolute Gasteiger partial charge is 0.195 e. The summed E-state index contributed by atoms with van der Waals surface area (Å²) in [6.07, 6.45) is 2.78. The number of hydrogen-bond acceptors (Lipinski definition) is 0. The van der Waals surface area contributed by atoms with Crippen molar-refractivity contribution in [3.8, 4) is 0 Å². The van der Waals surface area contributed by atoms with Crippen LogP contribution in [-0.4, -0.2) is 0 Å². The Kier molecular flexibility index (Phi) is 9.26. The van der Waals surface area contributed by atoms with E-state index in [0.29, 0.717) is 12.8 Å². The van der Waals surface area contributed by atoms with E-state index in [-0.39, 0.29) is 24.0 Å². The number of halogens is 4. The van der Waals surface area contributed by atoms with Crippen LogP contribution < -0.4 is 0 Å². The number of benzene rings is 1. The molecule has 1 rings (SSSR count). The van der Waals surface area contributed by atoms with Gasteiger partial charge in [0.25, 0.3) is 0 Å². The molecule has 0 aromatic heterocycles. The molecule has 0 nitrogen and oxygen atoms in total. The molecular weight excluding hydrogens is 268 g/mol. The molecule has 0 heterocycles. The highest BCUT2D eigenvalue weighted by atomic mass is 19.2. The Morgan fingerprint density at radius 2 is 0.950 bits per heavy atom. The van der Waals surface area contributed by atoms with Crippen LogP contribution in [0.2, 0.25) is 0 Å². The first-order valence-corrected chi connectivity index (χ1v) is 7.38. The van der Waals surface area contributed by atoms with Crippen LogP contribution in [0, 0.1) is 23.3 Å². The molecule has 0 radical (unpaired) electrons. The zero-order valence-electron chi connectivity index (χ0n) is 12.8. The minimum atomic E-state index is -1.55. The van der Waals surface area contributed by atoms with Crippen molar-refractivity contribution in [2.75, 3.05) is 0 Å². The van der Waals surface area contributed by atoms with Crippen LogP contribution in [0.3, 0.4) is 0 Å². The highest BCUT2D eigenvalue weighted by Gasteiger charge is 2.24. The minimum absolute atomic E-state index is 0.102. The van der Waals surface area contributed by atoms with Crippen molar-refractivity contribution < 1.29 is 17.6 Å². The Bertz CT molecular complexity index is 378. The number of hydrogen-bond donors (Lipinski definition) is 0. The average molecular weight is 292 g/mol. The lowest BCUT2D eigenvalue weighted by Crippen LogP contribution is -2.09. The Labute approximate surface area is 119 Å². The van der Waals surface area contributed by atoms with Crippen molar-refractivity contribution in [1.29, 1.82) is 0 Å². The third-order valence-corrected chi connectivity index (χ3v) is 3.01. The van der Waals surface area contributed by atoms with E-state index in [9.17, 15) is 17.6 Å². The van der Waals surface area contributed by atoms with Crippen LogP contribution in [0.5, 0.6) is 0 Å². The van der Waals surface area contributed by atoms with E-state index in [1.807, 2.05) is 27.7 Å². The summed E-state index contributed by atoms with van der Waals surface area (Å²) >= 11 is 0. The van der Waals surface area contributed by atoms with E-state index in [1.54, 1.807) is 0 Å². The lowest BCUT2D eigenvalue weighted by Gasteiger charge is -2.12. The summed E-state index contributed by atoms with van der Waals surface area (Å²) in [5.74, 6) is -5.21. The van der Waals surface area contributed by atoms with Gasteiger partial charge in [-0.15, -0.1) is 0 Å². The van der Waals surface area contributed by atoms with Crippen LogP contribution >= 0.6 is 0 Å². The molecule has 1 aromatic carbocycles. The van der Waals surface area contributed by atoms with Gasteiger partial charge in [-0.05, 0) is 25.7 Å². The third-order valence-electron chi connectivity index (χ3n) is 3.01. The predicted octanol–water partition coefficient (Wildman–Crippen LogP) is 5.95. The highest BCUT2D eigenvalue weighted by Crippen LogP contribution is 2.26. The highest BCUT2D eigenvalue weighted by molar-refractivity contribution is 5.30. The summed E-state index contributed by atoms with van der Waals surface area (Å²) in [5, 5.41) is 0. The van der Waals surface area contributed by atoms with E-state index in [0.717, 1.165) is 12.8 Å². The molecule has 0 saturated carbocycles. The molecular formula is C16H24F4. The Balaban J connectivity index is 0.00000172. The zero-order valence-corrected chi connectivity index (χ0v) is 12.8. The molecule has 0 aliphatic rings. The summed E-state index contributed by atoms with van der Waals surface area (Å²) in [5.41, 5.74) is -0.635. The molecule has 0 bridgehead atoms. The standard InChI is InChI=1S/C14H18F4.C2H6/c1-3-5-7-9-11(15)10(8-6-4-2)13(17)14(18)12(9)16;1-2/h3-8H2,1-2H3;1-2H3. The largest absolute Gasteiger partial charge is 0.206 e. The lowest BCUT2D eigenvalue weighted by molar-refractivity contribution is 0.412. The fraction of sp³-hybridized carbons (Fsp3) is 0.625. The van der Waals surface area contributed by atoms with Crippen LogP contribution in [0.15, 0.2) is 0 Å². The van der Waals surface area contributed by atoms with Crippen molar-refractivity contribution in [3.05, 3.63) is 34.4 Å². The maximum Gasteiger partial charge on any atom is 0.195 e. The van der Waals surface area contributed by atoms with Crippen LogP contribution in [0.25, 0.3) is 0 Å². The Hall–Kier alpha value is -1.06. The molecule has 116 valence electrons. The summed E-state index contributed by atoms with van der Waals surface area (Å²) in [4.78, 5) is 0. The van der Waals surface area contributed by atoms with E-state index in [2.05, 4.69) is 0 Å². The molecule has 0 unspecified atom stereocenters. The SMILES string of the molecule is CC.CCCCc1c(F)c(F)c(F)c(CCCC)c1F. The van der Waals surface area contributed by atoms with Gasteiger partial charge in [0.2, 0.25) is 0 Å². The predicted molar refractivity (Wildman–Crippen MR) is 74.8 cm³/mol. The van der Waals surface area contributed by atoms with E-state index in [4.69, 9.17) is 0 Å². The van der Waals surface area contributed by atoms with Gasteiger partial charge in [-0.3, -0.25) is 0 Å². The van der Waals surface area contributed by atoms with Gasteiger partial charge in [0.05, 0.1) is 0 Å². The van der Waals surface area contributed by atoms with Gasteiger partial charge in [-0.25, -0.2) is 17.6 Å². The zero-order chi connectivity index (χ0) is 15.7. The average Bonchev–Trinajstić information content (AvgIpc) is 2.47. The van der Waals surface area contributed by atoms with Gasteiger partial charge in [-0.1, -0.05) is 40.5 Å². The van der Waals surface area contributed by atoms with Crippen LogP contribution in [0.1, 0.15) is 64.5 Å². The van der Waals surface area contributed by atoms with Crippen molar-refractivity contribution >= 4 is 0 Å². The molecule has 0 spiro atoms. The third kappa shape index (κ3) is 4.50. The molecule has 0 aliphatic carbocycles. The van der Waals surface area contributed by atoms with E-state index >= 15 is 0 Å². The topological polar surface area (TPSA) is 0 Å². The Morgan fingerprint density at radius 3 is 1.25 bits per heavy atom. The quantitative estimate of drug-likeness (QED) is 0.345. The molecule has 0 aliphatic heterocycles. The summed E-state index contributed by atoms with van der Waals surface area (Å²) < 4.78 is 54.3. The van der Waals surface area contributed by atoms with E-state index in [1.165, 1.54) is 0 Å². The fourth-order valence-corrected chi connectivity index (χ4v) is 1.88. The van der Waals surface area contributed by atoms with Crippen molar-refractivity contribution in [2.24, 2.45) is 0 Å². The van der Waals surface area contributed by atoms with E-state index < -0.39 is 23.3 Å². The number of unbranched alkanes of at least 4 members (excludes halogenated alkanes) is 2. The van der Waals surface area contributed by atoms with Gasteiger partial charge >= 0.3 is 0 Å². The maximum absolute atomic E-state index is 14.0. The van der Waals surface area contributed by atoms with Crippen molar-refractivity contribution in [1.82, 2.24) is 0 Å². The molecule has 0 fully saturated rings. The van der Waals surface area contributed by atoms with Gasteiger partial charge in [0, 0.05) is 11.1 Å². The summed E-state index contributed by atoms with van der Waals surface area (Å²) in [6, 6.07) is 0. The first-order chi connectivity index (χ1) is 9.54. The van der Waals surface area contributed by atoms with Gasteiger partial charge in [-0.2, -0.15) is 0 Å². The molecule has 20 heavy (non-hydrogen) atoms. The molecule has 0 N–H and O–H groups in total. The second-order valence-electron chi connectivity index (χ2n) is 4.42. The van der Waals surface area contributed by atoms with Gasteiger partial charge in [0.1, 0.15) is 5.82 Å². The van der Waals surface area contributed by atoms with Crippen molar-refractivity contribution in [2.45, 2.75) is 66.2 Å². The number of rotatable bonds is 6. The molecule has 0 amide bonds. The maximum atomic E-state index is 14.0. The fourth-order valence-electron chi connectivity index (χ4n) is 1.88. The first-order valence-electron chi connectivity index (χ1n) is 7.38. The first kappa shape index (κ1) is 18.9. The van der Waals surface area contributed by atoms with Crippen LogP contribution in [-0.2, 0) is 12.8 Å². The molecule has 0 saturated heterocycles. The second-order valence-corrected chi connectivity index (χ2v) is 4.42. The Morgan fingerprint density at radius 1 is 0.600 bits per heavy atom. The molecule has 0 atom stereocenters. The minimum Gasteiger partial charge on any atom is -0.206 e. The molecule has 4 heteroatoms. The molecule has 1 aromatic rings. The summed E-state index contributed by atoms with van der Waals surface area (Å²) in [7, 11) is 0. The summed E-state index contributed by atoms with van der Waals surface area (Å²) in [6.45, 7) is 7.74. The van der Waals surface area contributed by atoms with Gasteiger partial charge in [0.15, 0.2) is 17.5 Å². The van der Waals surface area contributed by atoms with Gasteiger partial charge < -0.3 is 0 Å². The monoisotopic (exact) mass is 292 g/mol. The van der Waals surface area contributed by atoms with Crippen LogP contribution in [0.4, 0.5) is 17.6 Å².